The fraction of sp³-hybridized carbons (Fsp3) is 0.462. The van der Waals surface area contributed by atoms with E-state index < -0.39 is 9.84 Å². The molecule has 1 N–H and O–H groups in total. The first-order valence-corrected chi connectivity index (χ1v) is 9.28. The van der Waals surface area contributed by atoms with Crippen LogP contribution in [-0.2, 0) is 9.84 Å². The van der Waals surface area contributed by atoms with Gasteiger partial charge in [0, 0.05) is 12.6 Å². The van der Waals surface area contributed by atoms with Gasteiger partial charge in [0.1, 0.15) is 5.69 Å². The van der Waals surface area contributed by atoms with Crippen molar-refractivity contribution < 1.29 is 13.2 Å². The van der Waals surface area contributed by atoms with E-state index >= 15 is 0 Å². The van der Waals surface area contributed by atoms with Gasteiger partial charge in [-0.1, -0.05) is 0 Å². The lowest BCUT2D eigenvalue weighted by molar-refractivity contribution is 0.0703. The Kier molecular flexibility index (Phi) is 3.33. The molecule has 0 bridgehead atoms. The summed E-state index contributed by atoms with van der Waals surface area (Å²) in [5.74, 6) is 0.154. The third-order valence-electron chi connectivity index (χ3n) is 3.72. The molecule has 1 saturated heterocycles. The molecular weight excluding hydrogens is 296 g/mol. The number of amides is 1. The molecule has 3 heterocycles. The number of aromatic nitrogens is 1. The second-order valence-electron chi connectivity index (χ2n) is 5.03. The molecule has 1 aliphatic heterocycles. The van der Waals surface area contributed by atoms with Crippen molar-refractivity contribution in [2.45, 2.75) is 19.4 Å². The van der Waals surface area contributed by atoms with Crippen molar-refractivity contribution in [3.05, 3.63) is 23.2 Å². The largest absolute Gasteiger partial charge is 0.350 e. The summed E-state index contributed by atoms with van der Waals surface area (Å²) < 4.78 is 24.2. The van der Waals surface area contributed by atoms with Crippen molar-refractivity contribution >= 4 is 37.3 Å². The first-order chi connectivity index (χ1) is 9.50. The fourth-order valence-corrected chi connectivity index (χ4v) is 5.22. The van der Waals surface area contributed by atoms with Crippen LogP contribution in [0.3, 0.4) is 0 Å². The molecule has 0 aromatic carbocycles. The molecule has 1 amide bonds. The van der Waals surface area contributed by atoms with Crippen LogP contribution in [0.25, 0.3) is 10.2 Å². The SMILES string of the molecule is CCN(C(=O)c1cc2sccc2[nH]1)C1CCS(=O)(=O)C1. The smallest absolute Gasteiger partial charge is 0.270 e. The van der Waals surface area contributed by atoms with E-state index in [2.05, 4.69) is 4.98 Å². The number of fused-ring (bicyclic) bond motifs is 1. The topological polar surface area (TPSA) is 70.2 Å². The zero-order valence-electron chi connectivity index (χ0n) is 11.1. The van der Waals surface area contributed by atoms with Crippen LogP contribution in [0.1, 0.15) is 23.8 Å². The van der Waals surface area contributed by atoms with E-state index in [1.54, 1.807) is 16.2 Å². The van der Waals surface area contributed by atoms with Gasteiger partial charge in [0.05, 0.1) is 21.7 Å². The lowest BCUT2D eigenvalue weighted by Crippen LogP contribution is -2.41. The molecule has 2 aromatic heterocycles. The minimum absolute atomic E-state index is 0.0850. The van der Waals surface area contributed by atoms with Crippen LogP contribution in [-0.4, -0.2) is 48.3 Å². The van der Waals surface area contributed by atoms with E-state index in [0.29, 0.717) is 18.7 Å². The van der Waals surface area contributed by atoms with E-state index in [9.17, 15) is 13.2 Å². The highest BCUT2D eigenvalue weighted by Gasteiger charge is 2.34. The molecule has 5 nitrogen and oxygen atoms in total. The van der Waals surface area contributed by atoms with Gasteiger partial charge >= 0.3 is 0 Å². The highest BCUT2D eigenvalue weighted by atomic mass is 32.2. The van der Waals surface area contributed by atoms with Gasteiger partial charge in [-0.3, -0.25) is 4.79 Å². The Morgan fingerprint density at radius 1 is 1.55 bits per heavy atom. The number of nitrogens with one attached hydrogen (secondary N) is 1. The summed E-state index contributed by atoms with van der Waals surface area (Å²) >= 11 is 1.58. The highest BCUT2D eigenvalue weighted by Crippen LogP contribution is 2.24. The van der Waals surface area contributed by atoms with Crippen LogP contribution >= 0.6 is 11.3 Å². The van der Waals surface area contributed by atoms with Crippen molar-refractivity contribution in [3.8, 4) is 0 Å². The summed E-state index contributed by atoms with van der Waals surface area (Å²) in [6.45, 7) is 2.40. The molecule has 108 valence electrons. The summed E-state index contributed by atoms with van der Waals surface area (Å²) in [6, 6.07) is 3.58. The molecular formula is C13H16N2O3S2. The Morgan fingerprint density at radius 3 is 2.95 bits per heavy atom. The van der Waals surface area contributed by atoms with Gasteiger partial charge in [0.15, 0.2) is 9.84 Å². The zero-order valence-corrected chi connectivity index (χ0v) is 12.8. The number of carbonyl (C=O) groups is 1. The van der Waals surface area contributed by atoms with Crippen LogP contribution < -0.4 is 0 Å². The molecule has 1 atom stereocenters. The van der Waals surface area contributed by atoms with Gasteiger partial charge in [-0.2, -0.15) is 0 Å². The number of sulfone groups is 1. The number of H-pyrrole nitrogens is 1. The summed E-state index contributed by atoms with van der Waals surface area (Å²) in [6.07, 6.45) is 0.539. The average Bonchev–Trinajstić information content (AvgIpc) is 3.03. The molecule has 7 heteroatoms. The van der Waals surface area contributed by atoms with Gasteiger partial charge in [0.25, 0.3) is 5.91 Å². The van der Waals surface area contributed by atoms with Crippen LogP contribution in [0.4, 0.5) is 0 Å². The molecule has 3 rings (SSSR count). The third-order valence-corrected chi connectivity index (χ3v) is 6.34. The second kappa shape index (κ2) is 4.89. The predicted octanol–water partition coefficient (Wildman–Crippen LogP) is 1.88. The second-order valence-corrected chi connectivity index (χ2v) is 8.21. The molecule has 1 aliphatic rings. The van der Waals surface area contributed by atoms with Crippen LogP contribution in [0, 0.1) is 0 Å². The highest BCUT2D eigenvalue weighted by molar-refractivity contribution is 7.91. The first-order valence-electron chi connectivity index (χ1n) is 6.58. The van der Waals surface area contributed by atoms with Gasteiger partial charge in [-0.25, -0.2) is 8.42 Å². The minimum Gasteiger partial charge on any atom is -0.350 e. The molecule has 0 radical (unpaired) electrons. The third kappa shape index (κ3) is 2.35. The number of aromatic amines is 1. The maximum Gasteiger partial charge on any atom is 0.270 e. The number of hydrogen-bond donors (Lipinski definition) is 1. The number of thiophene rings is 1. The number of nitrogens with zero attached hydrogens (tertiary/aromatic N) is 1. The fourth-order valence-electron chi connectivity index (χ4n) is 2.71. The standard InChI is InChI=1S/C13H16N2O3S2/c1-2-15(9-4-6-20(17,18)8-9)13(16)11-7-12-10(14-11)3-5-19-12/h3,5,7,9,14H,2,4,6,8H2,1H3. The minimum atomic E-state index is -2.98. The first kappa shape index (κ1) is 13.6. The van der Waals surface area contributed by atoms with E-state index in [1.165, 1.54) is 0 Å². The Morgan fingerprint density at radius 2 is 2.35 bits per heavy atom. The van der Waals surface area contributed by atoms with Crippen molar-refractivity contribution in [2.24, 2.45) is 0 Å². The zero-order chi connectivity index (χ0) is 14.3. The molecule has 0 spiro atoms. The van der Waals surface area contributed by atoms with Crippen LogP contribution in [0.5, 0.6) is 0 Å². The van der Waals surface area contributed by atoms with E-state index in [-0.39, 0.29) is 23.5 Å². The van der Waals surface area contributed by atoms with Gasteiger partial charge < -0.3 is 9.88 Å². The molecule has 1 fully saturated rings. The van der Waals surface area contributed by atoms with Crippen molar-refractivity contribution in [3.63, 3.8) is 0 Å². The number of hydrogen-bond acceptors (Lipinski definition) is 4. The average molecular weight is 312 g/mol. The van der Waals surface area contributed by atoms with Gasteiger partial charge in [0.2, 0.25) is 0 Å². The molecule has 1 unspecified atom stereocenters. The van der Waals surface area contributed by atoms with Crippen molar-refractivity contribution in [1.82, 2.24) is 9.88 Å². The number of rotatable bonds is 3. The Balaban J connectivity index is 1.85. The molecule has 2 aromatic rings. The maximum absolute atomic E-state index is 12.5. The summed E-state index contributed by atoms with van der Waals surface area (Å²) in [5.41, 5.74) is 1.49. The van der Waals surface area contributed by atoms with Crippen LogP contribution in [0.15, 0.2) is 17.5 Å². The monoisotopic (exact) mass is 312 g/mol. The maximum atomic E-state index is 12.5. The Labute approximate surface area is 121 Å². The van der Waals surface area contributed by atoms with Gasteiger partial charge in [-0.15, -0.1) is 11.3 Å². The molecule has 0 aliphatic carbocycles. The normalized spacial score (nSPS) is 21.4. The predicted molar refractivity (Wildman–Crippen MR) is 79.9 cm³/mol. The summed E-state index contributed by atoms with van der Waals surface area (Å²) in [4.78, 5) is 17.3. The van der Waals surface area contributed by atoms with Crippen LogP contribution in [0.2, 0.25) is 0 Å². The van der Waals surface area contributed by atoms with E-state index in [4.69, 9.17) is 0 Å². The quantitative estimate of drug-likeness (QED) is 0.940. The van der Waals surface area contributed by atoms with Crippen molar-refractivity contribution in [1.29, 1.82) is 0 Å². The summed E-state index contributed by atoms with van der Waals surface area (Å²) in [5, 5.41) is 1.97. The lowest BCUT2D eigenvalue weighted by atomic mass is 10.2. The van der Waals surface area contributed by atoms with Gasteiger partial charge in [-0.05, 0) is 30.9 Å². The lowest BCUT2D eigenvalue weighted by Gasteiger charge is -2.26. The van der Waals surface area contributed by atoms with E-state index in [1.807, 2.05) is 24.4 Å². The molecule has 0 saturated carbocycles. The summed E-state index contributed by atoms with van der Waals surface area (Å²) in [7, 11) is -2.98. The number of carbonyl (C=O) groups excluding carboxylic acids is 1. The Bertz CT molecular complexity index is 716. The Hall–Kier alpha value is -1.34. The molecule has 20 heavy (non-hydrogen) atoms. The van der Waals surface area contributed by atoms with Crippen molar-refractivity contribution in [2.75, 3.05) is 18.1 Å². The van der Waals surface area contributed by atoms with E-state index in [0.717, 1.165) is 10.2 Å².